The molecule has 26 heavy (non-hydrogen) atoms. The first-order chi connectivity index (χ1) is 12.6. The number of carbonyl (C=O) groups is 1. The van der Waals surface area contributed by atoms with E-state index in [1.54, 1.807) is 47.5 Å². The van der Waals surface area contributed by atoms with Crippen LogP contribution < -0.4 is 0 Å². The van der Waals surface area contributed by atoms with Crippen molar-refractivity contribution in [2.24, 2.45) is 0 Å². The van der Waals surface area contributed by atoms with Crippen LogP contribution in [0.15, 0.2) is 60.8 Å². The van der Waals surface area contributed by atoms with Crippen LogP contribution in [0.25, 0.3) is 5.69 Å². The maximum Gasteiger partial charge on any atom is 0.274 e. The van der Waals surface area contributed by atoms with Crippen molar-refractivity contribution < 1.29 is 13.6 Å². The fourth-order valence-electron chi connectivity index (χ4n) is 2.91. The Morgan fingerprint density at radius 3 is 2.65 bits per heavy atom. The Morgan fingerprint density at radius 1 is 1.12 bits per heavy atom. The van der Waals surface area contributed by atoms with Gasteiger partial charge < -0.3 is 4.90 Å². The van der Waals surface area contributed by atoms with Crippen molar-refractivity contribution in [2.45, 2.75) is 25.4 Å². The van der Waals surface area contributed by atoms with Gasteiger partial charge in [0.25, 0.3) is 5.91 Å². The highest BCUT2D eigenvalue weighted by atomic mass is 19.1. The molecular weight excluding hydrogens is 336 g/mol. The second-order valence-electron chi connectivity index (χ2n) is 6.38. The summed E-state index contributed by atoms with van der Waals surface area (Å²) in [4.78, 5) is 14.6. The zero-order valence-electron chi connectivity index (χ0n) is 14.0. The van der Waals surface area contributed by atoms with Gasteiger partial charge in [0.1, 0.15) is 11.6 Å². The van der Waals surface area contributed by atoms with Crippen molar-refractivity contribution in [1.82, 2.24) is 14.7 Å². The monoisotopic (exact) mass is 353 g/mol. The van der Waals surface area contributed by atoms with Gasteiger partial charge in [0.15, 0.2) is 5.69 Å². The van der Waals surface area contributed by atoms with Crippen LogP contribution in [0, 0.1) is 11.6 Å². The van der Waals surface area contributed by atoms with Gasteiger partial charge in [-0.05, 0) is 43.2 Å². The maximum atomic E-state index is 14.0. The number of hydrogen-bond acceptors (Lipinski definition) is 2. The second kappa shape index (κ2) is 6.71. The molecule has 0 aliphatic heterocycles. The Hall–Kier alpha value is -3.02. The Morgan fingerprint density at radius 2 is 1.92 bits per heavy atom. The third-order valence-electron chi connectivity index (χ3n) is 4.43. The average Bonchev–Trinajstić information content (AvgIpc) is 3.36. The van der Waals surface area contributed by atoms with Gasteiger partial charge in [-0.1, -0.05) is 24.3 Å². The summed E-state index contributed by atoms with van der Waals surface area (Å²) in [5.41, 5.74) is 1.28. The summed E-state index contributed by atoms with van der Waals surface area (Å²) in [5, 5.41) is 4.28. The molecule has 0 radical (unpaired) electrons. The molecule has 0 N–H and O–H groups in total. The molecule has 0 bridgehead atoms. The number of benzene rings is 2. The quantitative estimate of drug-likeness (QED) is 0.696. The fourth-order valence-corrected chi connectivity index (χ4v) is 2.91. The van der Waals surface area contributed by atoms with E-state index in [0.717, 1.165) is 12.8 Å². The van der Waals surface area contributed by atoms with Gasteiger partial charge in [-0.3, -0.25) is 4.79 Å². The number of aromatic nitrogens is 2. The molecule has 2 aromatic carbocycles. The lowest BCUT2D eigenvalue weighted by Crippen LogP contribution is -2.33. The van der Waals surface area contributed by atoms with E-state index < -0.39 is 0 Å². The molecule has 1 fully saturated rings. The molecule has 0 unspecified atom stereocenters. The summed E-state index contributed by atoms with van der Waals surface area (Å²) in [7, 11) is 0. The van der Waals surface area contributed by atoms with Crippen molar-refractivity contribution in [3.8, 4) is 5.69 Å². The van der Waals surface area contributed by atoms with Crippen LogP contribution in [0.2, 0.25) is 0 Å². The highest BCUT2D eigenvalue weighted by Crippen LogP contribution is 2.30. The molecule has 1 saturated carbocycles. The Labute approximate surface area is 149 Å². The third-order valence-corrected chi connectivity index (χ3v) is 4.43. The molecule has 0 atom stereocenters. The lowest BCUT2D eigenvalue weighted by molar-refractivity contribution is 0.0722. The number of rotatable bonds is 5. The van der Waals surface area contributed by atoms with Crippen LogP contribution in [0.4, 0.5) is 8.78 Å². The van der Waals surface area contributed by atoms with Crippen molar-refractivity contribution in [2.75, 3.05) is 0 Å². The number of hydrogen-bond donors (Lipinski definition) is 0. The van der Waals surface area contributed by atoms with Crippen LogP contribution in [0.5, 0.6) is 0 Å². The van der Waals surface area contributed by atoms with Gasteiger partial charge in [-0.2, -0.15) is 5.10 Å². The second-order valence-corrected chi connectivity index (χ2v) is 6.38. The van der Waals surface area contributed by atoms with Gasteiger partial charge in [-0.25, -0.2) is 13.5 Å². The molecule has 132 valence electrons. The van der Waals surface area contributed by atoms with Crippen LogP contribution in [-0.4, -0.2) is 26.6 Å². The van der Waals surface area contributed by atoms with Crippen LogP contribution in [0.3, 0.4) is 0 Å². The summed E-state index contributed by atoms with van der Waals surface area (Å²) in [6.07, 6.45) is 3.44. The van der Waals surface area contributed by atoms with Crippen molar-refractivity contribution in [1.29, 1.82) is 0 Å². The smallest absolute Gasteiger partial charge is 0.274 e. The minimum absolute atomic E-state index is 0.112. The zero-order valence-corrected chi connectivity index (χ0v) is 14.0. The van der Waals surface area contributed by atoms with Gasteiger partial charge in [0.2, 0.25) is 0 Å². The first kappa shape index (κ1) is 16.4. The number of carbonyl (C=O) groups excluding carboxylic acids is 1. The number of amides is 1. The van der Waals surface area contributed by atoms with Crippen LogP contribution >= 0.6 is 0 Å². The molecule has 4 rings (SSSR count). The summed E-state index contributed by atoms with van der Waals surface area (Å²) >= 11 is 0. The van der Waals surface area contributed by atoms with Crippen molar-refractivity contribution >= 4 is 5.91 Å². The average molecular weight is 353 g/mol. The predicted molar refractivity (Wildman–Crippen MR) is 92.8 cm³/mol. The minimum Gasteiger partial charge on any atom is -0.330 e. The summed E-state index contributed by atoms with van der Waals surface area (Å²) < 4.78 is 28.8. The Kier molecular flexibility index (Phi) is 4.24. The van der Waals surface area contributed by atoms with E-state index in [1.165, 1.54) is 22.9 Å². The topological polar surface area (TPSA) is 38.1 Å². The molecular formula is C20H17F2N3O. The number of nitrogens with zero attached hydrogens (tertiary/aromatic N) is 3. The molecule has 3 aromatic rings. The SMILES string of the molecule is O=C(c1ccn(-c2cccc(F)c2)n1)N(Cc1ccccc1F)C1CC1. The van der Waals surface area contributed by atoms with E-state index in [2.05, 4.69) is 5.10 Å². The van der Waals surface area contributed by atoms with Crippen LogP contribution in [-0.2, 0) is 6.54 Å². The highest BCUT2D eigenvalue weighted by molar-refractivity contribution is 5.92. The first-order valence-corrected chi connectivity index (χ1v) is 8.48. The summed E-state index contributed by atoms with van der Waals surface area (Å²) in [6.45, 7) is 0.211. The van der Waals surface area contributed by atoms with Gasteiger partial charge in [-0.15, -0.1) is 0 Å². The predicted octanol–water partition coefficient (Wildman–Crippen LogP) is 3.96. The van der Waals surface area contributed by atoms with E-state index >= 15 is 0 Å². The normalized spacial score (nSPS) is 13.6. The van der Waals surface area contributed by atoms with E-state index in [4.69, 9.17) is 0 Å². The molecule has 6 heteroatoms. The first-order valence-electron chi connectivity index (χ1n) is 8.48. The third kappa shape index (κ3) is 3.35. The Bertz CT molecular complexity index is 949. The fraction of sp³-hybridized carbons (Fsp3) is 0.200. The molecule has 1 aliphatic rings. The molecule has 0 spiro atoms. The van der Waals surface area contributed by atoms with Gasteiger partial charge in [0.05, 0.1) is 5.69 Å². The molecule has 4 nitrogen and oxygen atoms in total. The van der Waals surface area contributed by atoms with E-state index in [9.17, 15) is 13.6 Å². The van der Waals surface area contributed by atoms with Crippen molar-refractivity contribution in [3.63, 3.8) is 0 Å². The lowest BCUT2D eigenvalue weighted by Gasteiger charge is -2.21. The lowest BCUT2D eigenvalue weighted by atomic mass is 10.2. The molecule has 1 aromatic heterocycles. The molecule has 1 aliphatic carbocycles. The minimum atomic E-state index is -0.370. The van der Waals surface area contributed by atoms with E-state index in [1.807, 2.05) is 0 Å². The Balaban J connectivity index is 1.58. The molecule has 1 amide bonds. The number of halogens is 2. The van der Waals surface area contributed by atoms with Crippen LogP contribution in [0.1, 0.15) is 28.9 Å². The van der Waals surface area contributed by atoms with Gasteiger partial charge >= 0.3 is 0 Å². The maximum absolute atomic E-state index is 14.0. The van der Waals surface area contributed by atoms with E-state index in [0.29, 0.717) is 11.3 Å². The summed E-state index contributed by atoms with van der Waals surface area (Å²) in [6, 6.07) is 14.2. The van der Waals surface area contributed by atoms with Crippen molar-refractivity contribution in [3.05, 3.63) is 83.7 Å². The largest absolute Gasteiger partial charge is 0.330 e. The van der Waals surface area contributed by atoms with E-state index in [-0.39, 0.29) is 35.8 Å². The van der Waals surface area contributed by atoms with Gasteiger partial charge in [0, 0.05) is 24.3 Å². The zero-order chi connectivity index (χ0) is 18.1. The highest BCUT2D eigenvalue weighted by Gasteiger charge is 2.34. The molecule has 0 saturated heterocycles. The molecule has 1 heterocycles. The standard InChI is InChI=1S/C20H17F2N3O/c21-15-5-3-6-17(12-15)25-11-10-19(23-25)20(26)24(16-8-9-16)13-14-4-1-2-7-18(14)22/h1-7,10-12,16H,8-9,13H2. The summed E-state index contributed by atoms with van der Waals surface area (Å²) in [5.74, 6) is -0.938.